The number of hydrogen-bond acceptors (Lipinski definition) is 5. The lowest BCUT2D eigenvalue weighted by Crippen LogP contribution is -2.57. The van der Waals surface area contributed by atoms with Crippen molar-refractivity contribution in [2.24, 2.45) is 17.3 Å². The summed E-state index contributed by atoms with van der Waals surface area (Å²) in [5.74, 6) is 1.79. The first-order valence-corrected chi connectivity index (χ1v) is 13.1. The molecule has 6 atom stereocenters. The van der Waals surface area contributed by atoms with Gasteiger partial charge in [0.15, 0.2) is 0 Å². The molecule has 2 aliphatic heterocycles. The van der Waals surface area contributed by atoms with Crippen LogP contribution in [0.5, 0.6) is 5.75 Å². The SMILES string of the molecule is C[C@]12CC[C@@H]3c4ccc(OCc5ccccc5)cc4CC[C@H]3[C@@H]1C[C@]1(C[C@@H](O)C(CO)=CO1)OC2. The Bertz CT molecular complexity index is 1100. The van der Waals surface area contributed by atoms with Crippen molar-refractivity contribution < 1.29 is 24.4 Å². The van der Waals surface area contributed by atoms with Gasteiger partial charge in [0, 0.05) is 18.4 Å². The zero-order valence-electron chi connectivity index (χ0n) is 20.5. The molecule has 0 bridgehead atoms. The standard InChI is InChI=1S/C30H36O5/c1-29-12-11-25-24-10-8-23(33-17-20-5-3-2-4-6-20)13-21(24)7-9-26(25)27(29)14-30(35-19-29)15-28(32)22(16-31)18-34-30/h2-6,8,10,13,18,25-28,31-32H,7,9,11-12,14-17,19H2,1H3/t25-,26-,27+,28-,29-,30-/m1/s1. The number of aryl methyl sites for hydroxylation is 1. The van der Waals surface area contributed by atoms with Crippen LogP contribution >= 0.6 is 0 Å². The Kier molecular flexibility index (Phi) is 5.90. The highest BCUT2D eigenvalue weighted by Gasteiger charge is 2.56. The summed E-state index contributed by atoms with van der Waals surface area (Å²) in [4.78, 5) is 0. The molecule has 5 nitrogen and oxygen atoms in total. The van der Waals surface area contributed by atoms with Crippen molar-refractivity contribution in [1.82, 2.24) is 0 Å². The smallest absolute Gasteiger partial charge is 0.212 e. The minimum Gasteiger partial charge on any atom is -0.489 e. The molecule has 2 N–H and O–H groups in total. The summed E-state index contributed by atoms with van der Waals surface area (Å²) < 4.78 is 18.5. The van der Waals surface area contributed by atoms with Crippen LogP contribution in [-0.4, -0.2) is 35.3 Å². The molecule has 2 fully saturated rings. The first-order chi connectivity index (χ1) is 17.0. The van der Waals surface area contributed by atoms with E-state index in [1.165, 1.54) is 29.4 Å². The summed E-state index contributed by atoms with van der Waals surface area (Å²) >= 11 is 0. The van der Waals surface area contributed by atoms with Gasteiger partial charge < -0.3 is 24.4 Å². The molecular weight excluding hydrogens is 440 g/mol. The van der Waals surface area contributed by atoms with Gasteiger partial charge >= 0.3 is 0 Å². The van der Waals surface area contributed by atoms with Crippen LogP contribution in [0.25, 0.3) is 0 Å². The average Bonchev–Trinajstić information content (AvgIpc) is 2.88. The second-order valence-corrected chi connectivity index (χ2v) is 11.3. The number of hydrogen-bond donors (Lipinski definition) is 2. The van der Waals surface area contributed by atoms with Crippen molar-refractivity contribution in [2.45, 2.75) is 69.9 Å². The summed E-state index contributed by atoms with van der Waals surface area (Å²) in [5, 5.41) is 20.0. The van der Waals surface area contributed by atoms with Crippen LogP contribution in [0.15, 0.2) is 60.4 Å². The molecule has 0 amide bonds. The molecule has 1 spiro atoms. The highest BCUT2D eigenvalue weighted by molar-refractivity contribution is 5.41. The Morgan fingerprint density at radius 1 is 1.09 bits per heavy atom. The maximum atomic E-state index is 10.6. The fraction of sp³-hybridized carbons (Fsp3) is 0.533. The van der Waals surface area contributed by atoms with E-state index < -0.39 is 11.9 Å². The van der Waals surface area contributed by atoms with Crippen LogP contribution in [0, 0.1) is 17.3 Å². The van der Waals surface area contributed by atoms with Gasteiger partial charge in [-0.2, -0.15) is 0 Å². The number of aliphatic hydroxyl groups excluding tert-OH is 2. The molecule has 2 heterocycles. The van der Waals surface area contributed by atoms with Gasteiger partial charge in [0.25, 0.3) is 0 Å². The number of rotatable bonds is 4. The third-order valence-corrected chi connectivity index (χ3v) is 9.20. The number of benzene rings is 2. The van der Waals surface area contributed by atoms with Crippen molar-refractivity contribution in [2.75, 3.05) is 13.2 Å². The lowest BCUT2D eigenvalue weighted by Gasteiger charge is -2.58. The molecule has 0 radical (unpaired) electrons. The summed E-state index contributed by atoms with van der Waals surface area (Å²) in [7, 11) is 0. The first-order valence-electron chi connectivity index (χ1n) is 13.1. The van der Waals surface area contributed by atoms with Crippen LogP contribution in [0.1, 0.15) is 61.6 Å². The van der Waals surface area contributed by atoms with Gasteiger partial charge in [-0.1, -0.05) is 43.3 Å². The molecule has 2 aromatic rings. The molecule has 5 heteroatoms. The van der Waals surface area contributed by atoms with E-state index in [2.05, 4.69) is 37.3 Å². The van der Waals surface area contributed by atoms with Gasteiger partial charge in [-0.05, 0) is 77.7 Å². The van der Waals surface area contributed by atoms with Crippen LogP contribution in [0.3, 0.4) is 0 Å². The highest BCUT2D eigenvalue weighted by atomic mass is 16.7. The second-order valence-electron chi connectivity index (χ2n) is 11.3. The Hall–Kier alpha value is -2.34. The van der Waals surface area contributed by atoms with Gasteiger partial charge in [-0.15, -0.1) is 0 Å². The van der Waals surface area contributed by atoms with E-state index in [0.717, 1.165) is 31.4 Å². The molecule has 35 heavy (non-hydrogen) atoms. The quantitative estimate of drug-likeness (QED) is 0.643. The van der Waals surface area contributed by atoms with E-state index in [0.29, 0.717) is 43.0 Å². The molecule has 186 valence electrons. The van der Waals surface area contributed by atoms with Gasteiger partial charge in [-0.25, -0.2) is 0 Å². The van der Waals surface area contributed by atoms with Gasteiger partial charge in [-0.3, -0.25) is 0 Å². The minimum absolute atomic E-state index is 0.137. The maximum Gasteiger partial charge on any atom is 0.212 e. The fourth-order valence-electron chi connectivity index (χ4n) is 7.15. The highest BCUT2D eigenvalue weighted by Crippen LogP contribution is 2.60. The second kappa shape index (κ2) is 8.95. The Labute approximate surface area is 207 Å². The normalized spacial score (nSPS) is 35.8. The maximum absolute atomic E-state index is 10.6. The van der Waals surface area contributed by atoms with Crippen molar-refractivity contribution in [3.05, 3.63) is 77.1 Å². The molecule has 1 saturated carbocycles. The van der Waals surface area contributed by atoms with Crippen molar-refractivity contribution in [3.8, 4) is 5.75 Å². The monoisotopic (exact) mass is 476 g/mol. The molecule has 6 rings (SSSR count). The molecule has 0 aromatic heterocycles. The Balaban J connectivity index is 1.21. The molecule has 0 unspecified atom stereocenters. The number of fused-ring (bicyclic) bond motifs is 5. The van der Waals surface area contributed by atoms with Gasteiger partial charge in [0.2, 0.25) is 5.79 Å². The lowest BCUT2D eigenvalue weighted by molar-refractivity contribution is -0.296. The van der Waals surface area contributed by atoms with E-state index in [4.69, 9.17) is 14.2 Å². The molecule has 2 aromatic carbocycles. The zero-order valence-corrected chi connectivity index (χ0v) is 20.5. The summed E-state index contributed by atoms with van der Waals surface area (Å²) in [6, 6.07) is 17.0. The number of aliphatic hydroxyl groups is 2. The van der Waals surface area contributed by atoms with E-state index >= 15 is 0 Å². The van der Waals surface area contributed by atoms with Crippen molar-refractivity contribution >= 4 is 0 Å². The average molecular weight is 477 g/mol. The molecular formula is C30H36O5. The predicted octanol–water partition coefficient (Wildman–Crippen LogP) is 5.10. The zero-order chi connectivity index (χ0) is 24.0. The van der Waals surface area contributed by atoms with Crippen LogP contribution in [0.4, 0.5) is 0 Å². The van der Waals surface area contributed by atoms with E-state index in [9.17, 15) is 10.2 Å². The third-order valence-electron chi connectivity index (χ3n) is 9.20. The summed E-state index contributed by atoms with van der Waals surface area (Å²) in [5.41, 5.74) is 4.77. The Morgan fingerprint density at radius 2 is 1.94 bits per heavy atom. The van der Waals surface area contributed by atoms with E-state index in [1.54, 1.807) is 0 Å². The largest absolute Gasteiger partial charge is 0.489 e. The molecule has 4 aliphatic rings. The third kappa shape index (κ3) is 4.18. The van der Waals surface area contributed by atoms with E-state index in [1.807, 2.05) is 18.2 Å². The van der Waals surface area contributed by atoms with Gasteiger partial charge in [0.1, 0.15) is 12.4 Å². The predicted molar refractivity (Wildman–Crippen MR) is 133 cm³/mol. The fourth-order valence-corrected chi connectivity index (χ4v) is 7.15. The van der Waals surface area contributed by atoms with E-state index in [-0.39, 0.29) is 12.0 Å². The van der Waals surface area contributed by atoms with Crippen LogP contribution in [-0.2, 0) is 22.5 Å². The molecule has 1 saturated heterocycles. The topological polar surface area (TPSA) is 68.2 Å². The lowest BCUT2D eigenvalue weighted by atomic mass is 9.52. The number of ether oxygens (including phenoxy) is 3. The van der Waals surface area contributed by atoms with Crippen LogP contribution < -0.4 is 4.74 Å². The molecule has 2 aliphatic carbocycles. The Morgan fingerprint density at radius 3 is 2.74 bits per heavy atom. The van der Waals surface area contributed by atoms with Gasteiger partial charge in [0.05, 0.1) is 25.6 Å². The first kappa shape index (κ1) is 23.1. The minimum atomic E-state index is -0.778. The van der Waals surface area contributed by atoms with Crippen molar-refractivity contribution in [1.29, 1.82) is 0 Å². The van der Waals surface area contributed by atoms with Crippen LogP contribution in [0.2, 0.25) is 0 Å². The summed E-state index contributed by atoms with van der Waals surface area (Å²) in [6.45, 7) is 3.45. The van der Waals surface area contributed by atoms with Crippen molar-refractivity contribution in [3.63, 3.8) is 0 Å². The summed E-state index contributed by atoms with van der Waals surface area (Å²) in [6.07, 6.45) is 6.56.